The summed E-state index contributed by atoms with van der Waals surface area (Å²) in [6.07, 6.45) is -0.778. The van der Waals surface area contributed by atoms with Crippen LogP contribution in [0.5, 0.6) is 5.75 Å². The van der Waals surface area contributed by atoms with Crippen LogP contribution in [0.1, 0.15) is 25.5 Å². The number of carbonyl (C=O) groups is 1. The van der Waals surface area contributed by atoms with Crippen LogP contribution in [0.2, 0.25) is 0 Å². The van der Waals surface area contributed by atoms with Crippen molar-refractivity contribution in [1.29, 1.82) is 0 Å². The molecule has 100 valence electrons. The van der Waals surface area contributed by atoms with Gasteiger partial charge in [0.1, 0.15) is 11.6 Å². The molecule has 0 saturated carbocycles. The number of likely N-dealkylation sites (N-methyl/N-ethyl adjacent to an activating group) is 1. The van der Waals surface area contributed by atoms with E-state index in [1.807, 2.05) is 6.92 Å². The van der Waals surface area contributed by atoms with Gasteiger partial charge in [0.2, 0.25) is 0 Å². The molecule has 1 N–H and O–H groups in total. The zero-order valence-corrected chi connectivity index (χ0v) is 10.8. The first-order valence-electron chi connectivity index (χ1n) is 5.80. The summed E-state index contributed by atoms with van der Waals surface area (Å²) in [5.74, 6) is -0.466. The predicted octanol–water partition coefficient (Wildman–Crippen LogP) is 1.74. The molecule has 0 saturated heterocycles. The summed E-state index contributed by atoms with van der Waals surface area (Å²) < 4.78 is 18.4. The molecular formula is C13H18FNO3. The predicted molar refractivity (Wildman–Crippen MR) is 65.8 cm³/mol. The fourth-order valence-corrected chi connectivity index (χ4v) is 1.40. The van der Waals surface area contributed by atoms with E-state index in [0.717, 1.165) is 0 Å². The lowest BCUT2D eigenvalue weighted by molar-refractivity contribution is -0.131. The Morgan fingerprint density at radius 2 is 2.22 bits per heavy atom. The van der Waals surface area contributed by atoms with Gasteiger partial charge in [-0.25, -0.2) is 4.39 Å². The number of benzene rings is 1. The number of nitrogens with zero attached hydrogens (tertiary/aromatic N) is 1. The Hall–Kier alpha value is -1.62. The highest BCUT2D eigenvalue weighted by Gasteiger charge is 2.13. The van der Waals surface area contributed by atoms with E-state index in [9.17, 15) is 14.3 Å². The minimum absolute atomic E-state index is 0.173. The highest BCUT2D eigenvalue weighted by Crippen LogP contribution is 2.25. The Morgan fingerprint density at radius 1 is 1.56 bits per heavy atom. The molecule has 0 heterocycles. The van der Waals surface area contributed by atoms with E-state index in [4.69, 9.17) is 4.74 Å². The van der Waals surface area contributed by atoms with Crippen molar-refractivity contribution < 1.29 is 19.0 Å². The van der Waals surface area contributed by atoms with E-state index >= 15 is 0 Å². The van der Waals surface area contributed by atoms with E-state index in [1.54, 1.807) is 14.0 Å². The van der Waals surface area contributed by atoms with Crippen LogP contribution in [0.25, 0.3) is 0 Å². The first-order chi connectivity index (χ1) is 8.45. The monoisotopic (exact) mass is 255 g/mol. The first kappa shape index (κ1) is 14.4. The topological polar surface area (TPSA) is 49.8 Å². The second kappa shape index (κ2) is 6.35. The summed E-state index contributed by atoms with van der Waals surface area (Å²) in [6.45, 7) is 3.81. The van der Waals surface area contributed by atoms with Gasteiger partial charge in [0.25, 0.3) is 5.91 Å². The van der Waals surface area contributed by atoms with E-state index < -0.39 is 11.9 Å². The summed E-state index contributed by atoms with van der Waals surface area (Å²) >= 11 is 0. The number of carbonyl (C=O) groups excluding carboxylic acids is 1. The smallest absolute Gasteiger partial charge is 0.260 e. The van der Waals surface area contributed by atoms with Crippen molar-refractivity contribution >= 4 is 5.91 Å². The van der Waals surface area contributed by atoms with Crippen LogP contribution >= 0.6 is 0 Å². The third-order valence-corrected chi connectivity index (χ3v) is 2.68. The Bertz CT molecular complexity index is 421. The quantitative estimate of drug-likeness (QED) is 0.871. The van der Waals surface area contributed by atoms with Crippen LogP contribution in [0.15, 0.2) is 18.2 Å². The van der Waals surface area contributed by atoms with Crippen molar-refractivity contribution in [1.82, 2.24) is 4.90 Å². The number of amides is 1. The summed E-state index contributed by atoms with van der Waals surface area (Å²) in [5, 5.41) is 9.52. The minimum atomic E-state index is -0.778. The van der Waals surface area contributed by atoms with Gasteiger partial charge in [0.15, 0.2) is 6.61 Å². The molecular weight excluding hydrogens is 237 g/mol. The molecule has 0 unspecified atom stereocenters. The normalized spacial score (nSPS) is 12.1. The van der Waals surface area contributed by atoms with Gasteiger partial charge in [0, 0.05) is 25.2 Å². The number of hydrogen-bond donors (Lipinski definition) is 1. The van der Waals surface area contributed by atoms with Gasteiger partial charge in [-0.2, -0.15) is 0 Å². The second-order valence-corrected chi connectivity index (χ2v) is 4.05. The maximum absolute atomic E-state index is 13.1. The molecule has 1 atom stereocenters. The molecule has 1 amide bonds. The fourth-order valence-electron chi connectivity index (χ4n) is 1.40. The van der Waals surface area contributed by atoms with Gasteiger partial charge in [-0.15, -0.1) is 0 Å². The third-order valence-electron chi connectivity index (χ3n) is 2.68. The van der Waals surface area contributed by atoms with Gasteiger partial charge in [-0.05, 0) is 26.0 Å². The van der Waals surface area contributed by atoms with Crippen LogP contribution in [0.4, 0.5) is 4.39 Å². The van der Waals surface area contributed by atoms with Gasteiger partial charge >= 0.3 is 0 Å². The SMILES string of the molecule is CCN(C)C(=O)COc1cc(F)ccc1[C@@H](C)O. The Kier molecular flexibility index (Phi) is 5.09. The van der Waals surface area contributed by atoms with Gasteiger partial charge in [0.05, 0.1) is 6.10 Å². The molecule has 4 nitrogen and oxygen atoms in total. The summed E-state index contributed by atoms with van der Waals surface area (Å²) in [5.41, 5.74) is 0.461. The molecule has 1 aromatic rings. The van der Waals surface area contributed by atoms with E-state index in [2.05, 4.69) is 0 Å². The van der Waals surface area contributed by atoms with Crippen molar-refractivity contribution in [3.63, 3.8) is 0 Å². The summed E-state index contributed by atoms with van der Waals surface area (Å²) in [4.78, 5) is 13.1. The first-order valence-corrected chi connectivity index (χ1v) is 5.80. The zero-order valence-electron chi connectivity index (χ0n) is 10.8. The Balaban J connectivity index is 2.77. The fraction of sp³-hybridized carbons (Fsp3) is 0.462. The molecule has 0 aliphatic heterocycles. The number of halogens is 1. The zero-order chi connectivity index (χ0) is 13.7. The van der Waals surface area contributed by atoms with Gasteiger partial charge in [-0.3, -0.25) is 4.79 Å². The molecule has 0 spiro atoms. The summed E-state index contributed by atoms with van der Waals surface area (Å²) in [7, 11) is 1.66. The van der Waals surface area contributed by atoms with Crippen LogP contribution in [-0.2, 0) is 4.79 Å². The number of aliphatic hydroxyl groups is 1. The molecule has 0 aromatic heterocycles. The molecule has 18 heavy (non-hydrogen) atoms. The number of rotatable bonds is 5. The maximum Gasteiger partial charge on any atom is 0.260 e. The van der Waals surface area contributed by atoms with Crippen molar-refractivity contribution in [2.75, 3.05) is 20.2 Å². The van der Waals surface area contributed by atoms with Gasteiger partial charge < -0.3 is 14.7 Å². The van der Waals surface area contributed by atoms with Gasteiger partial charge in [-0.1, -0.05) is 0 Å². The van der Waals surface area contributed by atoms with Crippen LogP contribution < -0.4 is 4.74 Å². The number of aliphatic hydroxyl groups excluding tert-OH is 1. The number of ether oxygens (including phenoxy) is 1. The third kappa shape index (κ3) is 3.70. The van der Waals surface area contributed by atoms with Crippen LogP contribution in [-0.4, -0.2) is 36.1 Å². The molecule has 1 rings (SSSR count). The summed E-state index contributed by atoms with van der Waals surface area (Å²) in [6, 6.07) is 3.86. The van der Waals surface area contributed by atoms with Crippen molar-refractivity contribution in [2.24, 2.45) is 0 Å². The largest absolute Gasteiger partial charge is 0.483 e. The standard InChI is InChI=1S/C13H18FNO3/c1-4-15(3)13(17)8-18-12-7-10(14)5-6-11(12)9(2)16/h5-7,9,16H,4,8H2,1-3H3/t9-/m1/s1. The second-order valence-electron chi connectivity index (χ2n) is 4.05. The Labute approximate surface area is 106 Å². The van der Waals surface area contributed by atoms with E-state index in [-0.39, 0.29) is 18.3 Å². The number of hydrogen-bond acceptors (Lipinski definition) is 3. The van der Waals surface area contributed by atoms with Crippen LogP contribution in [0, 0.1) is 5.82 Å². The van der Waals surface area contributed by atoms with Crippen molar-refractivity contribution in [3.05, 3.63) is 29.6 Å². The molecule has 0 radical (unpaired) electrons. The van der Waals surface area contributed by atoms with E-state index in [1.165, 1.54) is 23.1 Å². The Morgan fingerprint density at radius 3 is 2.78 bits per heavy atom. The lowest BCUT2D eigenvalue weighted by Gasteiger charge is -2.17. The lowest BCUT2D eigenvalue weighted by atomic mass is 10.1. The molecule has 0 fully saturated rings. The average molecular weight is 255 g/mol. The molecule has 0 bridgehead atoms. The maximum atomic E-state index is 13.1. The van der Waals surface area contributed by atoms with Crippen molar-refractivity contribution in [3.8, 4) is 5.75 Å². The highest BCUT2D eigenvalue weighted by molar-refractivity contribution is 5.77. The highest BCUT2D eigenvalue weighted by atomic mass is 19.1. The molecule has 0 aliphatic carbocycles. The van der Waals surface area contributed by atoms with Crippen molar-refractivity contribution in [2.45, 2.75) is 20.0 Å². The van der Waals surface area contributed by atoms with Crippen LogP contribution in [0.3, 0.4) is 0 Å². The minimum Gasteiger partial charge on any atom is -0.483 e. The average Bonchev–Trinajstić information content (AvgIpc) is 2.34. The molecule has 0 aliphatic rings. The van der Waals surface area contributed by atoms with E-state index in [0.29, 0.717) is 12.1 Å². The molecule has 5 heteroatoms. The lowest BCUT2D eigenvalue weighted by Crippen LogP contribution is -2.31. The molecule has 1 aromatic carbocycles.